The third-order valence-corrected chi connectivity index (χ3v) is 5.28. The smallest absolute Gasteiger partial charge is 0.325 e. The van der Waals surface area contributed by atoms with Crippen molar-refractivity contribution in [1.82, 2.24) is 15.1 Å². The number of hydrogen-bond donors (Lipinski definition) is 2. The summed E-state index contributed by atoms with van der Waals surface area (Å²) in [5, 5.41) is 12.8. The summed E-state index contributed by atoms with van der Waals surface area (Å²) in [6.07, 6.45) is 0.208. The molecule has 0 saturated carbocycles. The molecule has 7 nitrogen and oxygen atoms in total. The molecule has 0 aromatic heterocycles. The number of imide groups is 1. The molecule has 0 aromatic rings. The average molecular weight is 327 g/mol. The van der Waals surface area contributed by atoms with Crippen LogP contribution < -0.4 is 5.32 Å². The number of urea groups is 1. The minimum absolute atomic E-state index is 0.0447. The molecule has 0 aromatic carbocycles. The van der Waals surface area contributed by atoms with Crippen LogP contribution in [0.1, 0.15) is 40.5 Å². The zero-order valence-corrected chi connectivity index (χ0v) is 15.0. The Balaban J connectivity index is 2.27. The minimum atomic E-state index is -0.899. The van der Waals surface area contributed by atoms with Gasteiger partial charge in [0.05, 0.1) is 19.3 Å². The van der Waals surface area contributed by atoms with Gasteiger partial charge in [0, 0.05) is 18.2 Å². The van der Waals surface area contributed by atoms with Gasteiger partial charge in [-0.15, -0.1) is 0 Å². The van der Waals surface area contributed by atoms with Crippen LogP contribution in [-0.2, 0) is 9.53 Å². The largest absolute Gasteiger partial charge is 0.389 e. The standard InChI is InChI=1S/C16H29N3O4/c1-14(2)9-16(10-15(3,4)18(14)5)12(21)19(13(22)17-16)7-11(20)8-23-6/h11,20H,7-10H2,1-6H3,(H,17,22). The number of methoxy groups -OCH3 is 1. The van der Waals surface area contributed by atoms with E-state index in [0.29, 0.717) is 12.8 Å². The Bertz CT molecular complexity index is 486. The molecule has 2 fully saturated rings. The van der Waals surface area contributed by atoms with Crippen LogP contribution in [0.3, 0.4) is 0 Å². The number of nitrogens with zero attached hydrogens (tertiary/aromatic N) is 2. The highest BCUT2D eigenvalue weighted by atomic mass is 16.5. The molecule has 2 rings (SSSR count). The molecule has 1 spiro atoms. The van der Waals surface area contributed by atoms with Gasteiger partial charge in [0.25, 0.3) is 5.91 Å². The lowest BCUT2D eigenvalue weighted by molar-refractivity contribution is -0.140. The van der Waals surface area contributed by atoms with Crippen LogP contribution in [0.5, 0.6) is 0 Å². The lowest BCUT2D eigenvalue weighted by Gasteiger charge is -2.56. The summed E-state index contributed by atoms with van der Waals surface area (Å²) in [6.45, 7) is 8.37. The third kappa shape index (κ3) is 3.09. The number of hydrogen-bond acceptors (Lipinski definition) is 5. The van der Waals surface area contributed by atoms with E-state index in [1.165, 1.54) is 7.11 Å². The maximum absolute atomic E-state index is 13.0. The molecule has 2 aliphatic heterocycles. The van der Waals surface area contributed by atoms with E-state index in [0.717, 1.165) is 4.90 Å². The van der Waals surface area contributed by atoms with E-state index in [2.05, 4.69) is 37.9 Å². The second-order valence-electron chi connectivity index (χ2n) is 8.07. The summed E-state index contributed by atoms with van der Waals surface area (Å²) < 4.78 is 4.88. The van der Waals surface area contributed by atoms with E-state index < -0.39 is 17.7 Å². The molecule has 2 saturated heterocycles. The second-order valence-corrected chi connectivity index (χ2v) is 8.07. The lowest BCUT2D eigenvalue weighted by Crippen LogP contribution is -2.68. The fraction of sp³-hybridized carbons (Fsp3) is 0.875. The van der Waals surface area contributed by atoms with Gasteiger partial charge in [-0.05, 0) is 47.6 Å². The number of piperidine rings is 1. The summed E-state index contributed by atoms with van der Waals surface area (Å²) in [6, 6.07) is -0.429. The topological polar surface area (TPSA) is 82.1 Å². The first-order valence-corrected chi connectivity index (χ1v) is 8.00. The van der Waals surface area contributed by atoms with E-state index in [-0.39, 0.29) is 30.1 Å². The monoisotopic (exact) mass is 327 g/mol. The molecule has 0 radical (unpaired) electrons. The highest BCUT2D eigenvalue weighted by molar-refractivity contribution is 6.07. The van der Waals surface area contributed by atoms with Gasteiger partial charge in [0.2, 0.25) is 0 Å². The Morgan fingerprint density at radius 3 is 2.22 bits per heavy atom. The van der Waals surface area contributed by atoms with Crippen LogP contribution in [0.2, 0.25) is 0 Å². The maximum atomic E-state index is 13.0. The first-order chi connectivity index (χ1) is 10.4. The summed E-state index contributed by atoms with van der Waals surface area (Å²) in [5.74, 6) is -0.244. The normalized spacial score (nSPS) is 27.3. The Morgan fingerprint density at radius 2 is 1.74 bits per heavy atom. The molecule has 3 amide bonds. The molecule has 7 heteroatoms. The third-order valence-electron chi connectivity index (χ3n) is 5.28. The van der Waals surface area contributed by atoms with E-state index in [4.69, 9.17) is 4.74 Å². The number of amides is 3. The molecule has 132 valence electrons. The number of nitrogens with one attached hydrogen (secondary N) is 1. The van der Waals surface area contributed by atoms with Gasteiger partial charge in [0.1, 0.15) is 5.54 Å². The van der Waals surface area contributed by atoms with Crippen molar-refractivity contribution in [1.29, 1.82) is 0 Å². The van der Waals surface area contributed by atoms with Gasteiger partial charge in [-0.2, -0.15) is 0 Å². The van der Waals surface area contributed by atoms with Crippen molar-refractivity contribution in [3.05, 3.63) is 0 Å². The number of aliphatic hydroxyl groups excluding tert-OH is 1. The lowest BCUT2D eigenvalue weighted by atomic mass is 9.69. The molecule has 0 bridgehead atoms. The summed E-state index contributed by atoms with van der Waals surface area (Å²) in [5.41, 5.74) is -1.36. The SMILES string of the molecule is COCC(O)CN1C(=O)NC2(CC(C)(C)N(C)C(C)(C)C2)C1=O. The molecule has 2 aliphatic rings. The predicted molar refractivity (Wildman–Crippen MR) is 86.0 cm³/mol. The minimum Gasteiger partial charge on any atom is -0.389 e. The first kappa shape index (κ1) is 18.2. The molecule has 2 heterocycles. The van der Waals surface area contributed by atoms with Crippen molar-refractivity contribution in [2.75, 3.05) is 27.3 Å². The van der Waals surface area contributed by atoms with Crippen molar-refractivity contribution < 1.29 is 19.4 Å². The first-order valence-electron chi connectivity index (χ1n) is 8.00. The fourth-order valence-corrected chi connectivity index (χ4v) is 4.13. The summed E-state index contributed by atoms with van der Waals surface area (Å²) >= 11 is 0. The van der Waals surface area contributed by atoms with Crippen molar-refractivity contribution in [3.8, 4) is 0 Å². The van der Waals surface area contributed by atoms with Gasteiger partial charge >= 0.3 is 6.03 Å². The Labute approximate surface area is 138 Å². The van der Waals surface area contributed by atoms with Gasteiger partial charge in [-0.25, -0.2) is 4.79 Å². The zero-order valence-electron chi connectivity index (χ0n) is 15.0. The maximum Gasteiger partial charge on any atom is 0.325 e. The molecular formula is C16H29N3O4. The second kappa shape index (κ2) is 5.72. The summed E-state index contributed by atoms with van der Waals surface area (Å²) in [7, 11) is 3.52. The van der Waals surface area contributed by atoms with Crippen LogP contribution in [0.15, 0.2) is 0 Å². The molecule has 1 unspecified atom stereocenters. The number of carbonyl (C=O) groups is 2. The predicted octanol–water partition coefficient (Wildman–Crippen LogP) is 0.567. The number of β-amino-alcohol motifs (C(OH)–C–C–N with tert-alkyl or cyclic N) is 1. The van der Waals surface area contributed by atoms with Crippen molar-refractivity contribution in [2.24, 2.45) is 0 Å². The molecular weight excluding hydrogens is 298 g/mol. The van der Waals surface area contributed by atoms with E-state index in [9.17, 15) is 14.7 Å². The van der Waals surface area contributed by atoms with E-state index >= 15 is 0 Å². The van der Waals surface area contributed by atoms with Crippen molar-refractivity contribution in [3.63, 3.8) is 0 Å². The highest BCUT2D eigenvalue weighted by Gasteiger charge is 2.60. The molecule has 2 N–H and O–H groups in total. The van der Waals surface area contributed by atoms with Crippen LogP contribution in [0.4, 0.5) is 4.79 Å². The van der Waals surface area contributed by atoms with Gasteiger partial charge in [0.15, 0.2) is 0 Å². The number of rotatable bonds is 4. The highest BCUT2D eigenvalue weighted by Crippen LogP contribution is 2.44. The molecule has 23 heavy (non-hydrogen) atoms. The van der Waals surface area contributed by atoms with Crippen LogP contribution >= 0.6 is 0 Å². The number of aliphatic hydroxyl groups is 1. The van der Waals surface area contributed by atoms with Crippen LogP contribution in [-0.4, -0.2) is 76.9 Å². The van der Waals surface area contributed by atoms with Gasteiger partial charge < -0.3 is 15.2 Å². The van der Waals surface area contributed by atoms with E-state index in [1.807, 2.05) is 7.05 Å². The fourth-order valence-electron chi connectivity index (χ4n) is 4.13. The molecule has 1 atom stereocenters. The van der Waals surface area contributed by atoms with Gasteiger partial charge in [-0.3, -0.25) is 14.6 Å². The summed E-state index contributed by atoms with van der Waals surface area (Å²) in [4.78, 5) is 28.7. The van der Waals surface area contributed by atoms with E-state index in [1.54, 1.807) is 0 Å². The van der Waals surface area contributed by atoms with Crippen LogP contribution in [0, 0.1) is 0 Å². The Hall–Kier alpha value is -1.18. The number of likely N-dealkylation sites (tertiary alicyclic amines) is 1. The average Bonchev–Trinajstić information content (AvgIpc) is 2.60. The molecule has 0 aliphatic carbocycles. The Kier molecular flexibility index (Phi) is 4.52. The van der Waals surface area contributed by atoms with Crippen molar-refractivity contribution >= 4 is 11.9 Å². The van der Waals surface area contributed by atoms with Crippen molar-refractivity contribution in [2.45, 2.75) is 63.3 Å². The quantitative estimate of drug-likeness (QED) is 0.738. The number of carbonyl (C=O) groups excluding carboxylic acids is 2. The Morgan fingerprint density at radius 1 is 1.22 bits per heavy atom. The van der Waals surface area contributed by atoms with Crippen LogP contribution in [0.25, 0.3) is 0 Å². The number of ether oxygens (including phenoxy) is 1. The zero-order chi connectivity index (χ0) is 17.6. The van der Waals surface area contributed by atoms with Gasteiger partial charge in [-0.1, -0.05) is 0 Å².